The number of alkyl halides is 2. The lowest BCUT2D eigenvalue weighted by Crippen LogP contribution is -2.08. The number of nitrogens with zero attached hydrogens (tertiary/aromatic N) is 1. The van der Waals surface area contributed by atoms with Gasteiger partial charge in [0.05, 0.1) is 19.2 Å². The lowest BCUT2D eigenvalue weighted by Gasteiger charge is -2.10. The second-order valence-electron chi connectivity index (χ2n) is 3.00. The largest absolute Gasteiger partial charge is 0.481 e. The molecule has 1 heterocycles. The van der Waals surface area contributed by atoms with Crippen LogP contribution >= 0.6 is 0 Å². The SMILES string of the molecule is COc1nc(C(F)F)c(N)cc1CC(=O)O. The molecule has 1 rings (SSSR count). The molecular weight excluding hydrogens is 222 g/mol. The molecular formula is C9H10F2N2O3. The smallest absolute Gasteiger partial charge is 0.308 e. The minimum absolute atomic E-state index is 0.146. The highest BCUT2D eigenvalue weighted by Crippen LogP contribution is 2.28. The summed E-state index contributed by atoms with van der Waals surface area (Å²) in [6, 6.07) is 1.14. The fraction of sp³-hybridized carbons (Fsp3) is 0.333. The Hall–Kier alpha value is -1.92. The normalized spacial score (nSPS) is 10.5. The van der Waals surface area contributed by atoms with Crippen LogP contribution in [0.5, 0.6) is 5.88 Å². The monoisotopic (exact) mass is 232 g/mol. The fourth-order valence-corrected chi connectivity index (χ4v) is 1.21. The van der Waals surface area contributed by atoms with Crippen LogP contribution in [0, 0.1) is 0 Å². The lowest BCUT2D eigenvalue weighted by atomic mass is 10.1. The molecule has 7 heteroatoms. The Morgan fingerprint density at radius 3 is 2.75 bits per heavy atom. The third-order valence-electron chi connectivity index (χ3n) is 1.86. The molecule has 0 amide bonds. The number of anilines is 1. The van der Waals surface area contributed by atoms with Gasteiger partial charge in [-0.2, -0.15) is 0 Å². The Labute approximate surface area is 89.9 Å². The zero-order valence-corrected chi connectivity index (χ0v) is 8.41. The van der Waals surface area contributed by atoms with Crippen molar-refractivity contribution in [2.24, 2.45) is 0 Å². The van der Waals surface area contributed by atoms with Crippen LogP contribution in [-0.2, 0) is 11.2 Å². The second kappa shape index (κ2) is 4.73. The number of carbonyl (C=O) groups is 1. The van der Waals surface area contributed by atoms with E-state index in [2.05, 4.69) is 4.98 Å². The molecule has 3 N–H and O–H groups in total. The van der Waals surface area contributed by atoms with E-state index in [9.17, 15) is 13.6 Å². The molecule has 88 valence electrons. The molecule has 0 aliphatic heterocycles. The number of hydrogen-bond donors (Lipinski definition) is 2. The molecule has 0 saturated heterocycles. The summed E-state index contributed by atoms with van der Waals surface area (Å²) in [7, 11) is 1.22. The highest BCUT2D eigenvalue weighted by Gasteiger charge is 2.18. The first-order valence-electron chi connectivity index (χ1n) is 4.29. The van der Waals surface area contributed by atoms with Crippen molar-refractivity contribution in [3.63, 3.8) is 0 Å². The lowest BCUT2D eigenvalue weighted by molar-refractivity contribution is -0.136. The highest BCUT2D eigenvalue weighted by molar-refractivity contribution is 5.71. The van der Waals surface area contributed by atoms with Crippen molar-refractivity contribution in [3.05, 3.63) is 17.3 Å². The number of hydrogen-bond acceptors (Lipinski definition) is 4. The zero-order valence-electron chi connectivity index (χ0n) is 8.41. The van der Waals surface area contributed by atoms with Gasteiger partial charge in [-0.1, -0.05) is 0 Å². The van der Waals surface area contributed by atoms with E-state index in [0.717, 1.165) is 6.07 Å². The van der Waals surface area contributed by atoms with Crippen LogP contribution in [0.25, 0.3) is 0 Å². The Bertz CT molecular complexity index is 410. The van der Waals surface area contributed by atoms with E-state index >= 15 is 0 Å². The van der Waals surface area contributed by atoms with Gasteiger partial charge in [-0.15, -0.1) is 0 Å². The van der Waals surface area contributed by atoms with Gasteiger partial charge in [0.2, 0.25) is 5.88 Å². The van der Waals surface area contributed by atoms with Crippen molar-refractivity contribution in [1.82, 2.24) is 4.98 Å². The molecule has 0 spiro atoms. The van der Waals surface area contributed by atoms with Crippen LogP contribution in [0.2, 0.25) is 0 Å². The number of aromatic nitrogens is 1. The van der Waals surface area contributed by atoms with E-state index < -0.39 is 18.1 Å². The molecule has 0 unspecified atom stereocenters. The minimum atomic E-state index is -2.83. The van der Waals surface area contributed by atoms with E-state index in [0.29, 0.717) is 0 Å². The first kappa shape index (κ1) is 12.2. The summed E-state index contributed by atoms with van der Waals surface area (Å²) < 4.78 is 29.6. The van der Waals surface area contributed by atoms with E-state index in [-0.39, 0.29) is 23.6 Å². The molecule has 16 heavy (non-hydrogen) atoms. The molecule has 0 aliphatic rings. The standard InChI is InChI=1S/C9H10F2N2O3/c1-16-9-4(3-6(14)15)2-5(12)7(13-9)8(10)11/h2,8H,3,12H2,1H3,(H,14,15). The summed E-state index contributed by atoms with van der Waals surface area (Å²) in [5.74, 6) is -1.27. The first-order chi connectivity index (χ1) is 7.45. The van der Waals surface area contributed by atoms with E-state index in [1.165, 1.54) is 7.11 Å². The van der Waals surface area contributed by atoms with Gasteiger partial charge in [0, 0.05) is 5.56 Å². The predicted molar refractivity (Wildman–Crippen MR) is 51.5 cm³/mol. The molecule has 0 saturated carbocycles. The van der Waals surface area contributed by atoms with Crippen molar-refractivity contribution >= 4 is 11.7 Å². The summed E-state index contributed by atoms with van der Waals surface area (Å²) in [6.07, 6.45) is -3.21. The number of nitrogen functional groups attached to an aromatic ring is 1. The summed E-state index contributed by atoms with van der Waals surface area (Å²) >= 11 is 0. The number of halogens is 2. The van der Waals surface area contributed by atoms with Crippen LogP contribution in [0.1, 0.15) is 17.7 Å². The summed E-state index contributed by atoms with van der Waals surface area (Å²) in [5.41, 5.74) is 4.65. The maximum atomic E-state index is 12.4. The third kappa shape index (κ3) is 2.56. The number of methoxy groups -OCH3 is 1. The average Bonchev–Trinajstić information content (AvgIpc) is 2.16. The molecule has 0 atom stereocenters. The van der Waals surface area contributed by atoms with Gasteiger partial charge in [-0.25, -0.2) is 13.8 Å². The minimum Gasteiger partial charge on any atom is -0.481 e. The molecule has 0 fully saturated rings. The number of ether oxygens (including phenoxy) is 1. The summed E-state index contributed by atoms with van der Waals surface area (Å²) in [5, 5.41) is 8.58. The van der Waals surface area contributed by atoms with Crippen molar-refractivity contribution in [1.29, 1.82) is 0 Å². The van der Waals surface area contributed by atoms with Gasteiger partial charge in [-0.05, 0) is 6.07 Å². The van der Waals surface area contributed by atoms with E-state index in [4.69, 9.17) is 15.6 Å². The number of nitrogens with two attached hydrogens (primary N) is 1. The molecule has 1 aromatic heterocycles. The van der Waals surface area contributed by atoms with Crippen molar-refractivity contribution in [2.45, 2.75) is 12.8 Å². The highest BCUT2D eigenvalue weighted by atomic mass is 19.3. The average molecular weight is 232 g/mol. The van der Waals surface area contributed by atoms with E-state index in [1.807, 2.05) is 0 Å². The van der Waals surface area contributed by atoms with Gasteiger partial charge >= 0.3 is 5.97 Å². The molecule has 5 nitrogen and oxygen atoms in total. The number of pyridine rings is 1. The topological polar surface area (TPSA) is 85.4 Å². The van der Waals surface area contributed by atoms with Crippen molar-refractivity contribution in [2.75, 3.05) is 12.8 Å². The molecule has 0 aliphatic carbocycles. The van der Waals surface area contributed by atoms with Crippen molar-refractivity contribution in [3.8, 4) is 5.88 Å². The van der Waals surface area contributed by atoms with E-state index in [1.54, 1.807) is 0 Å². The zero-order chi connectivity index (χ0) is 12.3. The van der Waals surface area contributed by atoms with Crippen LogP contribution in [0.3, 0.4) is 0 Å². The number of carboxylic acids is 1. The van der Waals surface area contributed by atoms with Gasteiger partial charge in [0.15, 0.2) is 0 Å². The molecule has 1 aromatic rings. The maximum absolute atomic E-state index is 12.4. The van der Waals surface area contributed by atoms with Gasteiger partial charge < -0.3 is 15.6 Å². The second-order valence-corrected chi connectivity index (χ2v) is 3.00. The van der Waals surface area contributed by atoms with Gasteiger partial charge in [0.25, 0.3) is 6.43 Å². The summed E-state index contributed by atoms with van der Waals surface area (Å²) in [4.78, 5) is 14.0. The van der Waals surface area contributed by atoms with Crippen molar-refractivity contribution < 1.29 is 23.4 Å². The predicted octanol–water partition coefficient (Wildman–Crippen LogP) is 1.24. The number of rotatable bonds is 4. The van der Waals surface area contributed by atoms with Crippen LogP contribution < -0.4 is 10.5 Å². The van der Waals surface area contributed by atoms with Gasteiger partial charge in [-0.3, -0.25) is 4.79 Å². The van der Waals surface area contributed by atoms with Crippen LogP contribution in [0.15, 0.2) is 6.07 Å². The molecule has 0 bridgehead atoms. The van der Waals surface area contributed by atoms with Gasteiger partial charge in [0.1, 0.15) is 5.69 Å². The number of carboxylic acid groups (broad SMARTS) is 1. The Morgan fingerprint density at radius 2 is 2.31 bits per heavy atom. The third-order valence-corrected chi connectivity index (χ3v) is 1.86. The Balaban J connectivity index is 3.20. The van der Waals surface area contributed by atoms with Crippen LogP contribution in [0.4, 0.5) is 14.5 Å². The molecule has 0 aromatic carbocycles. The first-order valence-corrected chi connectivity index (χ1v) is 4.29. The Morgan fingerprint density at radius 1 is 1.69 bits per heavy atom. The Kier molecular flexibility index (Phi) is 3.60. The fourth-order valence-electron chi connectivity index (χ4n) is 1.21. The summed E-state index contributed by atoms with van der Waals surface area (Å²) in [6.45, 7) is 0. The molecule has 0 radical (unpaired) electrons. The quantitative estimate of drug-likeness (QED) is 0.815. The van der Waals surface area contributed by atoms with Crippen LogP contribution in [-0.4, -0.2) is 23.2 Å². The number of aliphatic carboxylic acids is 1. The maximum Gasteiger partial charge on any atom is 0.308 e.